The van der Waals surface area contributed by atoms with Gasteiger partial charge in [-0.05, 0) is 44.4 Å². The van der Waals surface area contributed by atoms with E-state index in [1.54, 1.807) is 28.9 Å². The zero-order chi connectivity index (χ0) is 21.3. The lowest BCUT2D eigenvalue weighted by atomic mass is 10.2. The van der Waals surface area contributed by atoms with Gasteiger partial charge < -0.3 is 4.74 Å². The molecule has 30 heavy (non-hydrogen) atoms. The number of pyridine rings is 1. The van der Waals surface area contributed by atoms with Crippen LogP contribution in [0.5, 0.6) is 5.88 Å². The molecule has 0 fully saturated rings. The zero-order valence-electron chi connectivity index (χ0n) is 15.3. The van der Waals surface area contributed by atoms with Crippen LogP contribution in [-0.4, -0.2) is 37.6 Å². The largest absolute Gasteiger partial charge is 0.472 e. The first kappa shape index (κ1) is 20.5. The van der Waals surface area contributed by atoms with E-state index in [9.17, 15) is 13.6 Å². The van der Waals surface area contributed by atoms with Crippen molar-refractivity contribution in [1.29, 1.82) is 0 Å². The third-order valence-corrected chi connectivity index (χ3v) is 4.96. The molecule has 0 atom stereocenters. The summed E-state index contributed by atoms with van der Waals surface area (Å²) in [5, 5.41) is 12.4. The van der Waals surface area contributed by atoms with Crippen molar-refractivity contribution in [2.75, 3.05) is 6.61 Å². The first-order chi connectivity index (χ1) is 14.5. The number of rotatable bonds is 4. The Kier molecular flexibility index (Phi) is 5.87. The van der Waals surface area contributed by atoms with E-state index in [0.717, 1.165) is 10.9 Å². The van der Waals surface area contributed by atoms with Crippen LogP contribution in [0.2, 0.25) is 0 Å². The summed E-state index contributed by atoms with van der Waals surface area (Å²) >= 11 is 1.99. The van der Waals surface area contributed by atoms with Crippen LogP contribution in [0.25, 0.3) is 27.6 Å². The van der Waals surface area contributed by atoms with Gasteiger partial charge in [-0.15, -0.1) is 0 Å². The predicted molar refractivity (Wildman–Crippen MR) is 119 cm³/mol. The Morgan fingerprint density at radius 2 is 2.03 bits per heavy atom. The zero-order valence-corrected chi connectivity index (χ0v) is 18.3. The molecule has 0 radical (unpaired) electrons. The molecule has 11 heteroatoms. The minimum absolute atomic E-state index is 0.0243. The van der Waals surface area contributed by atoms with E-state index in [2.05, 4.69) is 26.4 Å². The fourth-order valence-corrected chi connectivity index (χ4v) is 3.38. The van der Waals surface area contributed by atoms with Crippen LogP contribution in [0, 0.1) is 11.2 Å². The number of halogens is 3. The molecule has 0 unspecified atom stereocenters. The van der Waals surface area contributed by atoms with Gasteiger partial charge in [-0.3, -0.25) is 9.48 Å². The molecule has 152 valence electrons. The maximum Gasteiger partial charge on any atom is 0.289 e. The quantitative estimate of drug-likeness (QED) is 0.291. The molecule has 7 nitrogen and oxygen atoms in total. The summed E-state index contributed by atoms with van der Waals surface area (Å²) in [4.78, 5) is 17.4. The molecule has 0 spiro atoms. The Bertz CT molecular complexity index is 1380. The summed E-state index contributed by atoms with van der Waals surface area (Å²) in [5.41, 5.74) is 1.56. The minimum atomic E-state index is -2.63. The minimum Gasteiger partial charge on any atom is -0.472 e. The predicted octanol–water partition coefficient (Wildman–Crippen LogP) is 3.70. The van der Waals surface area contributed by atoms with Gasteiger partial charge in [0.15, 0.2) is 6.61 Å². The van der Waals surface area contributed by atoms with Crippen LogP contribution in [0.15, 0.2) is 41.3 Å². The second-order valence-corrected chi connectivity index (χ2v) is 7.84. The number of hydrogen-bond donors (Lipinski definition) is 0. The third kappa shape index (κ3) is 4.10. The first-order valence-electron chi connectivity index (χ1n) is 8.53. The van der Waals surface area contributed by atoms with Crippen LogP contribution < -0.4 is 10.3 Å². The van der Waals surface area contributed by atoms with Crippen LogP contribution >= 0.6 is 30.1 Å². The van der Waals surface area contributed by atoms with Crippen LogP contribution in [0.1, 0.15) is 5.56 Å². The Morgan fingerprint density at radius 3 is 2.80 bits per heavy atom. The average molecular weight is 539 g/mol. The highest BCUT2D eigenvalue weighted by Crippen LogP contribution is 2.20. The lowest BCUT2D eigenvalue weighted by Crippen LogP contribution is -2.24. The topological polar surface area (TPSA) is 74.8 Å². The highest BCUT2D eigenvalue weighted by molar-refractivity contribution is 14.2. The maximum atomic E-state index is 13.2. The first-order valence-corrected chi connectivity index (χ1v) is 11.9. The number of hydrogen-bond acceptors (Lipinski definition) is 6. The Labute approximate surface area is 185 Å². The lowest BCUT2D eigenvalue weighted by molar-refractivity contribution is 0.0797. The second-order valence-electron chi connectivity index (χ2n) is 6.16. The van der Waals surface area contributed by atoms with Crippen molar-refractivity contribution in [3.8, 4) is 22.7 Å². The van der Waals surface area contributed by atoms with E-state index in [1.807, 2.05) is 34.5 Å². The number of nitrogens with zero attached hydrogens (tertiary/aromatic N) is 5. The monoisotopic (exact) mass is 539 g/mol. The van der Waals surface area contributed by atoms with Crippen LogP contribution in [-0.2, 0) is 7.05 Å². The van der Waals surface area contributed by atoms with E-state index >= 15 is 0 Å². The van der Waals surface area contributed by atoms with Gasteiger partial charge >= 0.3 is 0 Å². The number of benzene rings is 1. The van der Waals surface area contributed by atoms with E-state index in [1.165, 1.54) is 19.7 Å². The fourth-order valence-electron chi connectivity index (χ4n) is 2.91. The summed E-state index contributed by atoms with van der Waals surface area (Å²) in [7, 11) is 3.02. The van der Waals surface area contributed by atoms with E-state index in [0.29, 0.717) is 11.2 Å². The molecule has 0 aliphatic carbocycles. The number of alkyl halides is 2. The van der Waals surface area contributed by atoms with Gasteiger partial charge in [-0.1, -0.05) is 0 Å². The van der Waals surface area contributed by atoms with Crippen molar-refractivity contribution in [3.05, 3.63) is 52.4 Å². The van der Waals surface area contributed by atoms with Gasteiger partial charge in [-0.25, -0.2) is 13.8 Å². The molecule has 0 bridgehead atoms. The molecule has 0 saturated heterocycles. The molecule has 0 saturated carbocycles. The molecular formula is C19H12F2IN5O2S. The Morgan fingerprint density at radius 1 is 1.23 bits per heavy atom. The van der Waals surface area contributed by atoms with E-state index in [4.69, 9.17) is 4.74 Å². The second kappa shape index (κ2) is 8.57. The van der Waals surface area contributed by atoms with Crippen LogP contribution in [0.4, 0.5) is 8.78 Å². The van der Waals surface area contributed by atoms with Crippen LogP contribution in [0.3, 0.4) is 0 Å². The van der Waals surface area contributed by atoms with Crippen molar-refractivity contribution in [3.63, 3.8) is 0 Å². The van der Waals surface area contributed by atoms with Crippen molar-refractivity contribution in [1.82, 2.24) is 24.5 Å². The molecule has 0 amide bonds. The molecule has 4 rings (SSSR count). The van der Waals surface area contributed by atoms with Crippen molar-refractivity contribution < 1.29 is 13.5 Å². The maximum absolute atomic E-state index is 13.2. The Balaban J connectivity index is 1.91. The summed E-state index contributed by atoms with van der Waals surface area (Å²) in [6, 6.07) is 8.34. The molecule has 1 aromatic carbocycles. The van der Waals surface area contributed by atoms with Gasteiger partial charge in [0.25, 0.3) is 12.0 Å². The van der Waals surface area contributed by atoms with Gasteiger partial charge in [0.1, 0.15) is 16.6 Å². The molecule has 0 N–H and O–H groups in total. The normalized spacial score (nSPS) is 11.1. The number of aryl methyl sites for hydroxylation is 1. The highest BCUT2D eigenvalue weighted by Gasteiger charge is 2.15. The summed E-state index contributed by atoms with van der Waals surface area (Å²) < 4.78 is 32.8. The summed E-state index contributed by atoms with van der Waals surface area (Å²) in [5.74, 6) is 2.77. The molecule has 4 aromatic rings. The summed E-state index contributed by atoms with van der Waals surface area (Å²) in [6.45, 7) is -0.793. The molecule has 3 aromatic heterocycles. The average Bonchev–Trinajstić information content (AvgIpc) is 3.10. The van der Waals surface area contributed by atoms with Crippen molar-refractivity contribution in [2.24, 2.45) is 7.05 Å². The number of fused-ring (bicyclic) bond motifs is 2. The number of ether oxygens (including phenoxy) is 1. The van der Waals surface area contributed by atoms with Gasteiger partial charge in [-0.2, -0.15) is 14.9 Å². The van der Waals surface area contributed by atoms with Gasteiger partial charge in [0.2, 0.25) is 5.88 Å². The van der Waals surface area contributed by atoms with Gasteiger partial charge in [0.05, 0.1) is 11.2 Å². The standard InChI is InChI=1S/C19H12F2IN5O2S/c1-26-9-11-8-12(2-3-14(11)24-26)27-19(28)13(6-7-30-22)18-15(25-27)4-5-17(23-18)29-10-16(20)21/h2-5,8-9,16H,10H2,1H3. The van der Waals surface area contributed by atoms with E-state index < -0.39 is 18.6 Å². The lowest BCUT2D eigenvalue weighted by Gasteiger charge is -2.09. The molecule has 3 heterocycles. The molecule has 0 aliphatic heterocycles. The van der Waals surface area contributed by atoms with E-state index in [-0.39, 0.29) is 17.0 Å². The smallest absolute Gasteiger partial charge is 0.289 e. The molecule has 0 aliphatic rings. The highest BCUT2D eigenvalue weighted by atomic mass is 127. The Hall–Kier alpha value is -2.72. The third-order valence-electron chi connectivity index (χ3n) is 4.12. The fraction of sp³-hybridized carbons (Fsp3) is 0.158. The number of aromatic nitrogens is 5. The van der Waals surface area contributed by atoms with Crippen molar-refractivity contribution in [2.45, 2.75) is 6.43 Å². The van der Waals surface area contributed by atoms with Crippen molar-refractivity contribution >= 4 is 52.1 Å². The molecular weight excluding hydrogens is 527 g/mol. The SMILES string of the molecule is Cn1cc2cc(-n3nc4ccc(OCC(F)F)nc4c(C#CSI)c3=O)ccc2n1. The van der Waals surface area contributed by atoms with Gasteiger partial charge in [0, 0.05) is 45.9 Å². The summed E-state index contributed by atoms with van der Waals surface area (Å²) in [6.07, 6.45) is -0.794.